The minimum Gasteiger partial charge on any atom is -0.497 e. The van der Waals surface area contributed by atoms with Gasteiger partial charge in [-0.2, -0.15) is 0 Å². The number of hydrogen-bond acceptors (Lipinski definition) is 8. The summed E-state index contributed by atoms with van der Waals surface area (Å²) in [5.41, 5.74) is 2.77. The third kappa shape index (κ3) is 7.93. The Morgan fingerprint density at radius 1 is 1.06 bits per heavy atom. The van der Waals surface area contributed by atoms with Crippen molar-refractivity contribution < 1.29 is 23.9 Å². The molecule has 1 N–H and O–H groups in total. The SMILES string of the molecule is COC(=O)C(Cc1ccc(-c2nccs2)cc1)NC(=O)C(CSC(C)=O)Cc1cccc(OC)c1. The largest absolute Gasteiger partial charge is 0.497 e. The first-order valence-corrected chi connectivity index (χ1v) is 12.9. The number of thioether (sulfide) groups is 1. The second-order valence-corrected chi connectivity index (χ2v) is 9.97. The minimum absolute atomic E-state index is 0.0710. The Morgan fingerprint density at radius 3 is 2.46 bits per heavy atom. The predicted octanol–water partition coefficient (Wildman–Crippen LogP) is 4.16. The molecule has 0 aliphatic rings. The highest BCUT2D eigenvalue weighted by Gasteiger charge is 2.27. The van der Waals surface area contributed by atoms with Gasteiger partial charge in [0.05, 0.1) is 20.1 Å². The standard InChI is InChI=1S/C26H28N2O5S2/c1-17(29)35-16-21(13-19-5-4-6-22(14-19)32-2)24(30)28-23(26(31)33-3)15-18-7-9-20(10-8-18)25-27-11-12-34-25/h4-12,14,21,23H,13,15-16H2,1-3H3,(H,28,30). The van der Waals surface area contributed by atoms with Gasteiger partial charge in [-0.3, -0.25) is 9.59 Å². The van der Waals surface area contributed by atoms with Gasteiger partial charge in [0.1, 0.15) is 16.8 Å². The van der Waals surface area contributed by atoms with Crippen LogP contribution in [0.1, 0.15) is 18.1 Å². The third-order valence-corrected chi connectivity index (χ3v) is 7.15. The maximum absolute atomic E-state index is 13.3. The van der Waals surface area contributed by atoms with Crippen molar-refractivity contribution in [3.63, 3.8) is 0 Å². The number of hydrogen-bond donors (Lipinski definition) is 1. The molecule has 0 aliphatic heterocycles. The summed E-state index contributed by atoms with van der Waals surface area (Å²) in [6, 6.07) is 14.3. The number of rotatable bonds is 11. The number of nitrogens with one attached hydrogen (secondary N) is 1. The number of thiazole rings is 1. The number of aromatic nitrogens is 1. The number of esters is 1. The van der Waals surface area contributed by atoms with Gasteiger partial charge < -0.3 is 14.8 Å². The number of carbonyl (C=O) groups is 3. The molecular formula is C26H28N2O5S2. The van der Waals surface area contributed by atoms with Crippen molar-refractivity contribution in [1.29, 1.82) is 0 Å². The summed E-state index contributed by atoms with van der Waals surface area (Å²) in [6.07, 6.45) is 2.44. The number of ether oxygens (including phenoxy) is 2. The van der Waals surface area contributed by atoms with E-state index in [2.05, 4.69) is 10.3 Å². The van der Waals surface area contributed by atoms with Gasteiger partial charge in [0.2, 0.25) is 5.91 Å². The molecule has 3 aromatic rings. The summed E-state index contributed by atoms with van der Waals surface area (Å²) < 4.78 is 10.2. The van der Waals surface area contributed by atoms with Gasteiger partial charge in [0.15, 0.2) is 5.12 Å². The Morgan fingerprint density at radius 2 is 1.83 bits per heavy atom. The second kappa shape index (κ2) is 13.1. The lowest BCUT2D eigenvalue weighted by Crippen LogP contribution is -2.46. The van der Waals surface area contributed by atoms with E-state index in [-0.39, 0.29) is 17.4 Å². The van der Waals surface area contributed by atoms with E-state index in [0.717, 1.165) is 33.5 Å². The molecule has 1 amide bonds. The Hall–Kier alpha value is -3.17. The summed E-state index contributed by atoms with van der Waals surface area (Å²) in [5.74, 6) is -0.363. The van der Waals surface area contributed by atoms with Crippen LogP contribution < -0.4 is 10.1 Å². The fraction of sp³-hybridized carbons (Fsp3) is 0.308. The van der Waals surface area contributed by atoms with Crippen LogP contribution in [-0.4, -0.2) is 48.0 Å². The zero-order valence-electron chi connectivity index (χ0n) is 19.9. The number of methoxy groups -OCH3 is 2. The molecule has 35 heavy (non-hydrogen) atoms. The first kappa shape index (κ1) is 26.4. The lowest BCUT2D eigenvalue weighted by atomic mass is 9.98. The zero-order chi connectivity index (χ0) is 25.2. The number of amides is 1. The lowest BCUT2D eigenvalue weighted by molar-refractivity contribution is -0.145. The van der Waals surface area contributed by atoms with Crippen LogP contribution in [0.2, 0.25) is 0 Å². The van der Waals surface area contributed by atoms with Gasteiger partial charge in [0, 0.05) is 36.2 Å². The monoisotopic (exact) mass is 512 g/mol. The molecule has 0 fully saturated rings. The molecule has 0 aliphatic carbocycles. The molecule has 1 aromatic heterocycles. The summed E-state index contributed by atoms with van der Waals surface area (Å²) in [4.78, 5) is 41.7. The van der Waals surface area contributed by atoms with Gasteiger partial charge >= 0.3 is 5.97 Å². The van der Waals surface area contributed by atoms with Crippen molar-refractivity contribution in [3.8, 4) is 16.3 Å². The van der Waals surface area contributed by atoms with Crippen LogP contribution in [0.25, 0.3) is 10.6 Å². The lowest BCUT2D eigenvalue weighted by Gasteiger charge is -2.21. The number of benzene rings is 2. The summed E-state index contributed by atoms with van der Waals surface area (Å²) in [7, 11) is 2.88. The maximum Gasteiger partial charge on any atom is 0.328 e. The fourth-order valence-corrected chi connectivity index (χ4v) is 4.89. The smallest absolute Gasteiger partial charge is 0.328 e. The number of nitrogens with zero attached hydrogens (tertiary/aromatic N) is 1. The molecule has 1 heterocycles. The molecule has 3 rings (SSSR count). The average Bonchev–Trinajstić information content (AvgIpc) is 3.41. The van der Waals surface area contributed by atoms with E-state index in [9.17, 15) is 14.4 Å². The molecule has 7 nitrogen and oxygen atoms in total. The predicted molar refractivity (Wildman–Crippen MR) is 139 cm³/mol. The van der Waals surface area contributed by atoms with Crippen molar-refractivity contribution >= 4 is 40.1 Å². The van der Waals surface area contributed by atoms with E-state index in [1.165, 1.54) is 14.0 Å². The fourth-order valence-electron chi connectivity index (χ4n) is 3.54. The van der Waals surface area contributed by atoms with E-state index in [0.29, 0.717) is 17.9 Å². The summed E-state index contributed by atoms with van der Waals surface area (Å²) >= 11 is 2.64. The highest BCUT2D eigenvalue weighted by molar-refractivity contribution is 8.13. The van der Waals surface area contributed by atoms with Crippen molar-refractivity contribution in [2.24, 2.45) is 5.92 Å². The Kier molecular flexibility index (Phi) is 9.86. The minimum atomic E-state index is -0.853. The van der Waals surface area contributed by atoms with Crippen molar-refractivity contribution in [2.45, 2.75) is 25.8 Å². The second-order valence-electron chi connectivity index (χ2n) is 7.88. The van der Waals surface area contributed by atoms with E-state index < -0.39 is 17.9 Å². The third-order valence-electron chi connectivity index (χ3n) is 5.35. The van der Waals surface area contributed by atoms with Gasteiger partial charge in [-0.25, -0.2) is 9.78 Å². The van der Waals surface area contributed by atoms with Crippen LogP contribution in [-0.2, 0) is 32.0 Å². The van der Waals surface area contributed by atoms with Gasteiger partial charge in [-0.05, 0) is 29.7 Å². The van der Waals surface area contributed by atoms with Crippen molar-refractivity contribution in [3.05, 3.63) is 71.2 Å². The highest BCUT2D eigenvalue weighted by atomic mass is 32.2. The highest BCUT2D eigenvalue weighted by Crippen LogP contribution is 2.23. The van der Waals surface area contributed by atoms with Crippen molar-refractivity contribution in [1.82, 2.24) is 10.3 Å². The van der Waals surface area contributed by atoms with Crippen LogP contribution in [0.5, 0.6) is 5.75 Å². The summed E-state index contributed by atoms with van der Waals surface area (Å²) in [6.45, 7) is 1.47. The Bertz CT molecular complexity index is 1130. The van der Waals surface area contributed by atoms with Crippen LogP contribution in [0.3, 0.4) is 0 Å². The van der Waals surface area contributed by atoms with E-state index in [4.69, 9.17) is 9.47 Å². The molecule has 184 valence electrons. The first-order valence-electron chi connectivity index (χ1n) is 11.0. The molecule has 0 bridgehead atoms. The average molecular weight is 513 g/mol. The number of carbonyl (C=O) groups excluding carboxylic acids is 3. The maximum atomic E-state index is 13.3. The van der Waals surface area contributed by atoms with Gasteiger partial charge in [-0.1, -0.05) is 48.2 Å². The molecule has 0 saturated heterocycles. The van der Waals surface area contributed by atoms with E-state index in [1.807, 2.05) is 53.9 Å². The first-order chi connectivity index (χ1) is 16.9. The van der Waals surface area contributed by atoms with Crippen molar-refractivity contribution in [2.75, 3.05) is 20.0 Å². The van der Waals surface area contributed by atoms with E-state index in [1.54, 1.807) is 24.6 Å². The molecule has 0 saturated carbocycles. The van der Waals surface area contributed by atoms with Gasteiger partial charge in [0.25, 0.3) is 0 Å². The zero-order valence-corrected chi connectivity index (χ0v) is 21.5. The van der Waals surface area contributed by atoms with Crippen LogP contribution in [0, 0.1) is 5.92 Å². The van der Waals surface area contributed by atoms with Gasteiger partial charge in [-0.15, -0.1) is 11.3 Å². The molecule has 2 atom stereocenters. The van der Waals surface area contributed by atoms with Crippen LogP contribution in [0.4, 0.5) is 0 Å². The van der Waals surface area contributed by atoms with E-state index >= 15 is 0 Å². The Labute approximate surface area is 213 Å². The normalized spacial score (nSPS) is 12.4. The van der Waals surface area contributed by atoms with Crippen LogP contribution >= 0.6 is 23.1 Å². The molecule has 9 heteroatoms. The van der Waals surface area contributed by atoms with Crippen LogP contribution in [0.15, 0.2) is 60.1 Å². The molecule has 0 spiro atoms. The topological polar surface area (TPSA) is 94.6 Å². The Balaban J connectivity index is 1.73. The molecular weight excluding hydrogens is 484 g/mol. The quantitative estimate of drug-likeness (QED) is 0.386. The molecule has 2 unspecified atom stereocenters. The molecule has 0 radical (unpaired) electrons. The summed E-state index contributed by atoms with van der Waals surface area (Å²) in [5, 5.41) is 5.61. The molecule has 2 aromatic carbocycles.